The fraction of sp³-hybridized carbons (Fsp3) is 0.438. The van der Waals surface area contributed by atoms with E-state index in [1.165, 1.54) is 19.3 Å². The molecule has 1 fully saturated rings. The van der Waals surface area contributed by atoms with E-state index in [2.05, 4.69) is 0 Å². The van der Waals surface area contributed by atoms with Gasteiger partial charge < -0.3 is 14.2 Å². The van der Waals surface area contributed by atoms with Crippen molar-refractivity contribution < 1.29 is 19.0 Å². The third kappa shape index (κ3) is 1.96. The molecule has 3 rings (SSSR count). The van der Waals surface area contributed by atoms with E-state index in [9.17, 15) is 4.79 Å². The monoisotopic (exact) mass is 274 g/mol. The van der Waals surface area contributed by atoms with E-state index in [1.54, 1.807) is 20.3 Å². The Morgan fingerprint density at radius 1 is 1.30 bits per heavy atom. The number of aldehydes is 1. The SMILES string of the molecule is COc1cc(C=O)c2c(c1OC)OC(C1CCC1)C=C2. The number of hydrogen-bond acceptors (Lipinski definition) is 4. The summed E-state index contributed by atoms with van der Waals surface area (Å²) in [5, 5.41) is 0. The average Bonchev–Trinajstić information content (AvgIpc) is 2.43. The van der Waals surface area contributed by atoms with Crippen molar-refractivity contribution >= 4 is 12.4 Å². The van der Waals surface area contributed by atoms with Gasteiger partial charge in [-0.1, -0.05) is 12.5 Å². The van der Waals surface area contributed by atoms with Gasteiger partial charge in [-0.2, -0.15) is 0 Å². The van der Waals surface area contributed by atoms with Gasteiger partial charge in [-0.3, -0.25) is 4.79 Å². The van der Waals surface area contributed by atoms with E-state index in [-0.39, 0.29) is 6.10 Å². The zero-order valence-corrected chi connectivity index (χ0v) is 11.7. The summed E-state index contributed by atoms with van der Waals surface area (Å²) in [6.45, 7) is 0. The van der Waals surface area contributed by atoms with Gasteiger partial charge in [0.15, 0.2) is 17.8 Å². The molecule has 4 nitrogen and oxygen atoms in total. The predicted molar refractivity (Wildman–Crippen MR) is 75.7 cm³/mol. The van der Waals surface area contributed by atoms with E-state index in [1.807, 2.05) is 12.2 Å². The standard InChI is InChI=1S/C16H18O4/c1-18-14-8-11(9-17)12-6-7-13(10-4-3-5-10)20-15(12)16(14)19-2/h6-10,13H,3-5H2,1-2H3. The van der Waals surface area contributed by atoms with Crippen molar-refractivity contribution in [2.75, 3.05) is 14.2 Å². The second kappa shape index (κ2) is 5.19. The van der Waals surface area contributed by atoms with Gasteiger partial charge in [0.05, 0.1) is 14.2 Å². The van der Waals surface area contributed by atoms with E-state index >= 15 is 0 Å². The molecule has 1 unspecified atom stereocenters. The van der Waals surface area contributed by atoms with Crippen molar-refractivity contribution in [3.8, 4) is 17.2 Å². The van der Waals surface area contributed by atoms with Crippen LogP contribution < -0.4 is 14.2 Å². The molecule has 1 aliphatic heterocycles. The van der Waals surface area contributed by atoms with E-state index in [4.69, 9.17) is 14.2 Å². The summed E-state index contributed by atoms with van der Waals surface area (Å²) in [7, 11) is 3.14. The molecule has 1 aliphatic carbocycles. The smallest absolute Gasteiger partial charge is 0.203 e. The summed E-state index contributed by atoms with van der Waals surface area (Å²) in [5.74, 6) is 2.26. The van der Waals surface area contributed by atoms with Crippen LogP contribution in [0.4, 0.5) is 0 Å². The van der Waals surface area contributed by atoms with Crippen LogP contribution in [0.25, 0.3) is 6.08 Å². The highest BCUT2D eigenvalue weighted by molar-refractivity contribution is 5.87. The quantitative estimate of drug-likeness (QED) is 0.791. The third-order valence-corrected chi connectivity index (χ3v) is 4.14. The molecule has 0 N–H and O–H groups in total. The number of benzene rings is 1. The van der Waals surface area contributed by atoms with Crippen LogP contribution in [0.15, 0.2) is 12.1 Å². The van der Waals surface area contributed by atoms with Crippen molar-refractivity contribution in [2.45, 2.75) is 25.4 Å². The molecule has 0 aromatic heterocycles. The van der Waals surface area contributed by atoms with Gasteiger partial charge in [0, 0.05) is 11.1 Å². The second-order valence-corrected chi connectivity index (χ2v) is 5.19. The molecule has 2 aliphatic rings. The Morgan fingerprint density at radius 2 is 2.10 bits per heavy atom. The fourth-order valence-electron chi connectivity index (χ4n) is 2.77. The lowest BCUT2D eigenvalue weighted by Crippen LogP contribution is -2.32. The maximum atomic E-state index is 11.2. The lowest BCUT2D eigenvalue weighted by molar-refractivity contribution is 0.110. The number of carbonyl (C=O) groups is 1. The minimum atomic E-state index is 0.0664. The third-order valence-electron chi connectivity index (χ3n) is 4.14. The Balaban J connectivity index is 2.06. The predicted octanol–water partition coefficient (Wildman–Crippen LogP) is 3.09. The first-order valence-electron chi connectivity index (χ1n) is 6.87. The molecule has 20 heavy (non-hydrogen) atoms. The van der Waals surface area contributed by atoms with Gasteiger partial charge in [0.1, 0.15) is 6.10 Å². The highest BCUT2D eigenvalue weighted by atomic mass is 16.5. The Kier molecular flexibility index (Phi) is 3.38. The van der Waals surface area contributed by atoms with Crippen molar-refractivity contribution in [3.63, 3.8) is 0 Å². The zero-order valence-electron chi connectivity index (χ0n) is 11.7. The summed E-state index contributed by atoms with van der Waals surface area (Å²) in [5.41, 5.74) is 1.33. The first kappa shape index (κ1) is 13.0. The summed E-state index contributed by atoms with van der Waals surface area (Å²) in [4.78, 5) is 11.2. The number of rotatable bonds is 4. The molecule has 0 spiro atoms. The van der Waals surface area contributed by atoms with E-state index in [0.29, 0.717) is 28.7 Å². The van der Waals surface area contributed by atoms with Crippen LogP contribution in [0.1, 0.15) is 35.2 Å². The van der Waals surface area contributed by atoms with Gasteiger partial charge in [0.25, 0.3) is 0 Å². The maximum Gasteiger partial charge on any atom is 0.203 e. The molecule has 4 heteroatoms. The minimum absolute atomic E-state index is 0.0664. The highest BCUT2D eigenvalue weighted by Gasteiger charge is 2.32. The zero-order chi connectivity index (χ0) is 14.1. The molecular formula is C16H18O4. The Bertz CT molecular complexity index is 558. The number of ether oxygens (including phenoxy) is 3. The van der Waals surface area contributed by atoms with Gasteiger partial charge in [-0.25, -0.2) is 0 Å². The second-order valence-electron chi connectivity index (χ2n) is 5.19. The lowest BCUT2D eigenvalue weighted by Gasteiger charge is -2.35. The average molecular weight is 274 g/mol. The van der Waals surface area contributed by atoms with Crippen molar-refractivity contribution in [1.82, 2.24) is 0 Å². The molecule has 0 saturated heterocycles. The molecule has 106 valence electrons. The highest BCUT2D eigenvalue weighted by Crippen LogP contribution is 2.46. The number of carbonyl (C=O) groups excluding carboxylic acids is 1. The summed E-state index contributed by atoms with van der Waals surface area (Å²) in [6.07, 6.45) is 8.54. The normalized spacial score (nSPS) is 20.6. The van der Waals surface area contributed by atoms with Crippen molar-refractivity contribution in [3.05, 3.63) is 23.3 Å². The number of methoxy groups -OCH3 is 2. The Morgan fingerprint density at radius 3 is 2.65 bits per heavy atom. The molecule has 0 bridgehead atoms. The van der Waals surface area contributed by atoms with Crippen LogP contribution in [-0.2, 0) is 0 Å². The van der Waals surface area contributed by atoms with Crippen LogP contribution in [0.5, 0.6) is 17.2 Å². The molecule has 0 amide bonds. The minimum Gasteiger partial charge on any atom is -0.493 e. The number of fused-ring (bicyclic) bond motifs is 1. The lowest BCUT2D eigenvalue weighted by atomic mass is 9.80. The van der Waals surface area contributed by atoms with Gasteiger partial charge in [0.2, 0.25) is 5.75 Å². The van der Waals surface area contributed by atoms with Crippen LogP contribution in [0, 0.1) is 5.92 Å². The van der Waals surface area contributed by atoms with Gasteiger partial charge in [-0.05, 0) is 30.9 Å². The van der Waals surface area contributed by atoms with Crippen LogP contribution in [-0.4, -0.2) is 26.6 Å². The van der Waals surface area contributed by atoms with Crippen LogP contribution in [0.2, 0.25) is 0 Å². The Labute approximate surface area is 118 Å². The van der Waals surface area contributed by atoms with Gasteiger partial charge >= 0.3 is 0 Å². The molecular weight excluding hydrogens is 256 g/mol. The summed E-state index contributed by atoms with van der Waals surface area (Å²) in [6, 6.07) is 1.68. The first-order chi connectivity index (χ1) is 9.78. The topological polar surface area (TPSA) is 44.8 Å². The fourth-order valence-corrected chi connectivity index (χ4v) is 2.77. The van der Waals surface area contributed by atoms with Crippen LogP contribution >= 0.6 is 0 Å². The summed E-state index contributed by atoms with van der Waals surface area (Å²) < 4.78 is 16.8. The van der Waals surface area contributed by atoms with Crippen molar-refractivity contribution in [2.24, 2.45) is 5.92 Å². The number of hydrogen-bond donors (Lipinski definition) is 0. The van der Waals surface area contributed by atoms with Crippen molar-refractivity contribution in [1.29, 1.82) is 0 Å². The summed E-state index contributed by atoms with van der Waals surface area (Å²) >= 11 is 0. The largest absolute Gasteiger partial charge is 0.493 e. The molecule has 1 heterocycles. The van der Waals surface area contributed by atoms with E-state index < -0.39 is 0 Å². The molecule has 0 radical (unpaired) electrons. The van der Waals surface area contributed by atoms with Crippen LogP contribution in [0.3, 0.4) is 0 Å². The Hall–Kier alpha value is -1.97. The first-order valence-corrected chi connectivity index (χ1v) is 6.87. The molecule has 1 atom stereocenters. The molecule has 1 aromatic rings. The molecule has 1 aromatic carbocycles. The maximum absolute atomic E-state index is 11.2. The molecule has 1 saturated carbocycles. The van der Waals surface area contributed by atoms with Gasteiger partial charge in [-0.15, -0.1) is 0 Å². The van der Waals surface area contributed by atoms with E-state index in [0.717, 1.165) is 11.8 Å².